The number of piperidine rings is 1. The number of amides is 1. The number of aromatic nitrogens is 2. The third kappa shape index (κ3) is 4.66. The van der Waals surface area contributed by atoms with E-state index in [1.165, 1.54) is 16.6 Å². The van der Waals surface area contributed by atoms with Crippen LogP contribution < -0.4 is 5.32 Å². The van der Waals surface area contributed by atoms with Crippen LogP contribution >= 0.6 is 0 Å². The lowest BCUT2D eigenvalue weighted by atomic mass is 9.98. The average Bonchev–Trinajstić information content (AvgIpc) is 3.10. The number of nitrogens with one attached hydrogen (secondary N) is 1. The maximum absolute atomic E-state index is 13.2. The van der Waals surface area contributed by atoms with Crippen LogP contribution in [-0.2, 0) is 16.6 Å². The lowest BCUT2D eigenvalue weighted by molar-refractivity contribution is 0.0945. The lowest BCUT2D eigenvalue weighted by Crippen LogP contribution is -2.37. The van der Waals surface area contributed by atoms with E-state index in [0.29, 0.717) is 31.8 Å². The van der Waals surface area contributed by atoms with Gasteiger partial charge in [-0.3, -0.25) is 4.79 Å². The van der Waals surface area contributed by atoms with Crippen molar-refractivity contribution in [2.24, 2.45) is 0 Å². The van der Waals surface area contributed by atoms with Crippen molar-refractivity contribution in [3.63, 3.8) is 0 Å². The fraction of sp³-hybridized carbons (Fsp3) is 0.438. The van der Waals surface area contributed by atoms with E-state index in [0.717, 1.165) is 12.1 Å². The quantitative estimate of drug-likeness (QED) is 0.814. The predicted octanol–water partition coefficient (Wildman–Crippen LogP) is 1.42. The number of hydrogen-bond acceptors (Lipinski definition) is 6. The topological polar surface area (TPSA) is 105 Å². The first-order chi connectivity index (χ1) is 12.7. The summed E-state index contributed by atoms with van der Waals surface area (Å²) in [6.45, 7) is 0.716. The first-order valence-corrected chi connectivity index (χ1v) is 10.1. The summed E-state index contributed by atoms with van der Waals surface area (Å²) in [4.78, 5) is 16.2. The molecule has 27 heavy (non-hydrogen) atoms. The van der Waals surface area contributed by atoms with Crippen LogP contribution in [0.3, 0.4) is 0 Å². The van der Waals surface area contributed by atoms with E-state index in [-0.39, 0.29) is 23.9 Å². The molecule has 11 heteroatoms. The molecule has 0 spiro atoms. The van der Waals surface area contributed by atoms with Gasteiger partial charge in [0.05, 0.1) is 12.8 Å². The van der Waals surface area contributed by atoms with Crippen molar-refractivity contribution >= 4 is 15.9 Å². The zero-order chi connectivity index (χ0) is 19.6. The SMILES string of the molecule is CS(=O)(=O)N1CCC(c2noc(CNC(=O)c3ccc(F)c(F)c3)n2)CC1. The average molecular weight is 400 g/mol. The van der Waals surface area contributed by atoms with Gasteiger partial charge >= 0.3 is 0 Å². The Morgan fingerprint density at radius 1 is 1.30 bits per heavy atom. The van der Waals surface area contributed by atoms with E-state index in [1.807, 2.05) is 0 Å². The molecular weight excluding hydrogens is 382 g/mol. The number of nitrogens with zero attached hydrogens (tertiary/aromatic N) is 3. The summed E-state index contributed by atoms with van der Waals surface area (Å²) in [6.07, 6.45) is 2.33. The monoisotopic (exact) mass is 400 g/mol. The second-order valence-electron chi connectivity index (χ2n) is 6.29. The molecule has 1 aromatic carbocycles. The number of carbonyl (C=O) groups excluding carboxylic acids is 1. The van der Waals surface area contributed by atoms with Crippen LogP contribution in [0.5, 0.6) is 0 Å². The lowest BCUT2D eigenvalue weighted by Gasteiger charge is -2.28. The molecule has 1 amide bonds. The molecular formula is C16H18F2N4O4S. The van der Waals surface area contributed by atoms with Crippen molar-refractivity contribution in [1.29, 1.82) is 0 Å². The summed E-state index contributed by atoms with van der Waals surface area (Å²) < 4.78 is 55.7. The van der Waals surface area contributed by atoms with Crippen LogP contribution in [0.15, 0.2) is 22.7 Å². The zero-order valence-corrected chi connectivity index (χ0v) is 15.3. The summed E-state index contributed by atoms with van der Waals surface area (Å²) in [7, 11) is -3.21. The Bertz CT molecular complexity index is 940. The summed E-state index contributed by atoms with van der Waals surface area (Å²) in [5.41, 5.74) is -0.0261. The number of rotatable bonds is 5. The van der Waals surface area contributed by atoms with Crippen molar-refractivity contribution in [1.82, 2.24) is 19.8 Å². The third-order valence-electron chi connectivity index (χ3n) is 4.35. The predicted molar refractivity (Wildman–Crippen MR) is 90.2 cm³/mol. The maximum atomic E-state index is 13.2. The van der Waals surface area contributed by atoms with Crippen LogP contribution in [0, 0.1) is 11.6 Å². The zero-order valence-electron chi connectivity index (χ0n) is 14.5. The van der Waals surface area contributed by atoms with Gasteiger partial charge in [-0.05, 0) is 31.0 Å². The molecule has 146 valence electrons. The van der Waals surface area contributed by atoms with Crippen LogP contribution in [0.1, 0.15) is 40.8 Å². The van der Waals surface area contributed by atoms with Crippen molar-refractivity contribution in [3.8, 4) is 0 Å². The van der Waals surface area contributed by atoms with E-state index in [9.17, 15) is 22.0 Å². The molecule has 0 saturated carbocycles. The Morgan fingerprint density at radius 2 is 2.00 bits per heavy atom. The molecule has 1 fully saturated rings. The second-order valence-corrected chi connectivity index (χ2v) is 8.28. The highest BCUT2D eigenvalue weighted by Crippen LogP contribution is 2.26. The van der Waals surface area contributed by atoms with Crippen LogP contribution in [0.4, 0.5) is 8.78 Å². The smallest absolute Gasteiger partial charge is 0.251 e. The van der Waals surface area contributed by atoms with Crippen molar-refractivity contribution in [3.05, 3.63) is 47.1 Å². The highest BCUT2D eigenvalue weighted by Gasteiger charge is 2.28. The van der Waals surface area contributed by atoms with Crippen molar-refractivity contribution < 1.29 is 26.5 Å². The molecule has 0 atom stereocenters. The number of carbonyl (C=O) groups is 1. The summed E-state index contributed by atoms with van der Waals surface area (Å²) in [6, 6.07) is 2.85. The van der Waals surface area contributed by atoms with E-state index in [4.69, 9.17) is 4.52 Å². The van der Waals surface area contributed by atoms with Crippen LogP contribution in [0.25, 0.3) is 0 Å². The molecule has 1 saturated heterocycles. The summed E-state index contributed by atoms with van der Waals surface area (Å²) >= 11 is 0. The van der Waals surface area contributed by atoms with Crippen LogP contribution in [-0.4, -0.2) is 48.1 Å². The summed E-state index contributed by atoms with van der Waals surface area (Å²) in [5, 5.41) is 6.38. The number of hydrogen-bond donors (Lipinski definition) is 1. The molecule has 1 aliphatic rings. The number of sulfonamides is 1. The molecule has 2 aromatic rings. The van der Waals surface area contributed by atoms with Crippen molar-refractivity contribution in [2.75, 3.05) is 19.3 Å². The molecule has 0 unspecified atom stereocenters. The molecule has 3 rings (SSSR count). The Morgan fingerprint density at radius 3 is 2.63 bits per heavy atom. The molecule has 0 radical (unpaired) electrons. The van der Waals surface area contributed by atoms with Gasteiger partial charge in [0.25, 0.3) is 5.91 Å². The molecule has 1 N–H and O–H groups in total. The highest BCUT2D eigenvalue weighted by atomic mass is 32.2. The van der Waals surface area contributed by atoms with Gasteiger partial charge < -0.3 is 9.84 Å². The Kier molecular flexibility index (Phi) is 5.51. The van der Waals surface area contributed by atoms with Gasteiger partial charge in [0, 0.05) is 24.6 Å². The maximum Gasteiger partial charge on any atom is 0.251 e. The number of benzene rings is 1. The van der Waals surface area contributed by atoms with E-state index < -0.39 is 27.6 Å². The van der Waals surface area contributed by atoms with Gasteiger partial charge in [0.2, 0.25) is 15.9 Å². The molecule has 0 aliphatic carbocycles. The minimum absolute atomic E-state index is 0.0256. The van der Waals surface area contributed by atoms with Gasteiger partial charge in [-0.25, -0.2) is 21.5 Å². The first kappa shape index (κ1) is 19.4. The van der Waals surface area contributed by atoms with Gasteiger partial charge in [-0.2, -0.15) is 4.98 Å². The third-order valence-corrected chi connectivity index (χ3v) is 5.66. The Hall–Kier alpha value is -2.40. The normalized spacial score (nSPS) is 16.4. The van der Waals surface area contributed by atoms with Crippen LogP contribution in [0.2, 0.25) is 0 Å². The van der Waals surface area contributed by atoms with Gasteiger partial charge in [0.15, 0.2) is 17.5 Å². The molecule has 0 bridgehead atoms. The second kappa shape index (κ2) is 7.69. The largest absolute Gasteiger partial charge is 0.343 e. The molecule has 1 aliphatic heterocycles. The molecule has 2 heterocycles. The summed E-state index contributed by atoms with van der Waals surface area (Å²) in [5.74, 6) is -2.14. The number of halogens is 2. The fourth-order valence-corrected chi connectivity index (χ4v) is 3.72. The molecule has 1 aromatic heterocycles. The van der Waals surface area contributed by atoms with E-state index >= 15 is 0 Å². The van der Waals surface area contributed by atoms with Gasteiger partial charge in [-0.1, -0.05) is 5.16 Å². The standard InChI is InChI=1S/C16H18F2N4O4S/c1-27(24,25)22-6-4-10(5-7-22)15-20-14(26-21-15)9-19-16(23)11-2-3-12(17)13(18)8-11/h2-3,8,10H,4-7,9H2,1H3,(H,19,23). The minimum Gasteiger partial charge on any atom is -0.343 e. The molecule has 8 nitrogen and oxygen atoms in total. The van der Waals surface area contributed by atoms with Crippen molar-refractivity contribution in [2.45, 2.75) is 25.3 Å². The van der Waals surface area contributed by atoms with Gasteiger partial charge in [-0.15, -0.1) is 0 Å². The van der Waals surface area contributed by atoms with Gasteiger partial charge in [0.1, 0.15) is 0 Å². The van der Waals surface area contributed by atoms with E-state index in [1.54, 1.807) is 0 Å². The first-order valence-electron chi connectivity index (χ1n) is 8.25. The van der Waals surface area contributed by atoms with E-state index in [2.05, 4.69) is 15.5 Å². The Balaban J connectivity index is 1.55. The minimum atomic E-state index is -3.21. The highest BCUT2D eigenvalue weighted by molar-refractivity contribution is 7.88. The fourth-order valence-electron chi connectivity index (χ4n) is 2.85. The Labute approximate surface area is 154 Å².